The number of aryl methyl sites for hydroxylation is 1. The molecule has 0 aliphatic heterocycles. The molecular formula is C24H19FN4O2. The molecule has 0 saturated carbocycles. The Kier molecular flexibility index (Phi) is 4.43. The van der Waals surface area contributed by atoms with Crippen LogP contribution in [0.2, 0.25) is 0 Å². The third-order valence-electron chi connectivity index (χ3n) is 5.46. The van der Waals surface area contributed by atoms with E-state index in [0.29, 0.717) is 17.6 Å². The van der Waals surface area contributed by atoms with Crippen LogP contribution in [0.5, 0.6) is 0 Å². The van der Waals surface area contributed by atoms with Gasteiger partial charge in [-0.1, -0.05) is 12.1 Å². The Hall–Kier alpha value is -4.13. The minimum atomic E-state index is -0.281. The van der Waals surface area contributed by atoms with Gasteiger partial charge in [0.15, 0.2) is 0 Å². The van der Waals surface area contributed by atoms with Crippen molar-refractivity contribution in [3.63, 3.8) is 0 Å². The number of halogens is 1. The summed E-state index contributed by atoms with van der Waals surface area (Å²) in [7, 11) is 1.68. The molecule has 0 spiro atoms. The van der Waals surface area contributed by atoms with Crippen molar-refractivity contribution in [1.29, 1.82) is 0 Å². The van der Waals surface area contributed by atoms with Crippen LogP contribution in [0, 0.1) is 5.82 Å². The van der Waals surface area contributed by atoms with Gasteiger partial charge in [0.1, 0.15) is 5.82 Å². The summed E-state index contributed by atoms with van der Waals surface area (Å²) in [6.07, 6.45) is 1.90. The maximum absolute atomic E-state index is 13.6. The summed E-state index contributed by atoms with van der Waals surface area (Å²) in [5, 5.41) is 3.92. The van der Waals surface area contributed by atoms with Gasteiger partial charge in [0.2, 0.25) is 0 Å². The molecule has 154 valence electrons. The molecule has 5 rings (SSSR count). The van der Waals surface area contributed by atoms with E-state index >= 15 is 0 Å². The Morgan fingerprint density at radius 2 is 1.87 bits per heavy atom. The number of fused-ring (bicyclic) bond motifs is 2. The SMILES string of the molecule is Cn1c(=O)[nH]c2cc(C(=O)NCc3ccc4c(ccn4-c4cccc(F)c4)c3)ccc21. The van der Waals surface area contributed by atoms with Gasteiger partial charge in [-0.3, -0.25) is 9.36 Å². The summed E-state index contributed by atoms with van der Waals surface area (Å²) in [6, 6.07) is 19.4. The fourth-order valence-corrected chi connectivity index (χ4v) is 3.82. The van der Waals surface area contributed by atoms with E-state index in [-0.39, 0.29) is 17.4 Å². The molecule has 0 unspecified atom stereocenters. The van der Waals surface area contributed by atoms with E-state index in [1.807, 2.05) is 41.1 Å². The van der Waals surface area contributed by atoms with E-state index in [1.165, 1.54) is 16.7 Å². The van der Waals surface area contributed by atoms with Gasteiger partial charge < -0.3 is 14.9 Å². The van der Waals surface area contributed by atoms with Crippen LogP contribution >= 0.6 is 0 Å². The lowest BCUT2D eigenvalue weighted by Crippen LogP contribution is -2.22. The molecule has 0 radical (unpaired) electrons. The maximum atomic E-state index is 13.6. The van der Waals surface area contributed by atoms with Gasteiger partial charge in [0.05, 0.1) is 16.6 Å². The third-order valence-corrected chi connectivity index (χ3v) is 5.46. The zero-order chi connectivity index (χ0) is 21.5. The zero-order valence-electron chi connectivity index (χ0n) is 16.7. The molecule has 2 aromatic heterocycles. The normalized spacial score (nSPS) is 11.3. The lowest BCUT2D eigenvalue weighted by Gasteiger charge is -2.08. The van der Waals surface area contributed by atoms with Crippen LogP contribution in [0.3, 0.4) is 0 Å². The molecule has 1 amide bonds. The number of nitrogens with one attached hydrogen (secondary N) is 2. The second kappa shape index (κ2) is 7.28. The van der Waals surface area contributed by atoms with E-state index in [2.05, 4.69) is 10.3 Å². The number of carbonyl (C=O) groups excluding carboxylic acids is 1. The average molecular weight is 414 g/mol. The van der Waals surface area contributed by atoms with Gasteiger partial charge in [-0.05, 0) is 60.2 Å². The number of amides is 1. The monoisotopic (exact) mass is 414 g/mol. The minimum Gasteiger partial charge on any atom is -0.348 e. The van der Waals surface area contributed by atoms with Crippen LogP contribution < -0.4 is 11.0 Å². The highest BCUT2D eigenvalue weighted by atomic mass is 19.1. The molecule has 7 heteroatoms. The predicted molar refractivity (Wildman–Crippen MR) is 118 cm³/mol. The number of hydrogen-bond acceptors (Lipinski definition) is 2. The lowest BCUT2D eigenvalue weighted by atomic mass is 10.1. The summed E-state index contributed by atoms with van der Waals surface area (Å²) in [6.45, 7) is 0.364. The van der Waals surface area contributed by atoms with Crippen LogP contribution in [0.25, 0.3) is 27.6 Å². The minimum absolute atomic E-state index is 0.217. The van der Waals surface area contributed by atoms with Crippen LogP contribution in [-0.2, 0) is 13.6 Å². The average Bonchev–Trinajstić information content (AvgIpc) is 3.32. The smallest absolute Gasteiger partial charge is 0.326 e. The predicted octanol–water partition coefficient (Wildman–Crippen LogP) is 3.88. The van der Waals surface area contributed by atoms with E-state index in [0.717, 1.165) is 27.7 Å². The standard InChI is InChI=1S/C24H19FN4O2/c1-28-22-8-6-17(12-20(22)27-24(28)31)23(30)26-14-15-5-7-21-16(11-15)9-10-29(21)19-4-2-3-18(25)13-19/h2-13H,14H2,1H3,(H,26,30)(H,27,31). The quantitative estimate of drug-likeness (QED) is 0.469. The number of nitrogens with zero attached hydrogens (tertiary/aromatic N) is 2. The lowest BCUT2D eigenvalue weighted by molar-refractivity contribution is 0.0951. The third kappa shape index (κ3) is 3.40. The Morgan fingerprint density at radius 3 is 2.71 bits per heavy atom. The van der Waals surface area contributed by atoms with Crippen molar-refractivity contribution in [3.8, 4) is 5.69 Å². The molecule has 0 saturated heterocycles. The molecule has 0 aliphatic rings. The van der Waals surface area contributed by atoms with Gasteiger partial charge in [-0.2, -0.15) is 0 Å². The molecule has 0 fully saturated rings. The van der Waals surface area contributed by atoms with Crippen molar-refractivity contribution in [1.82, 2.24) is 19.4 Å². The van der Waals surface area contributed by atoms with Crippen molar-refractivity contribution >= 4 is 27.8 Å². The summed E-state index contributed by atoms with van der Waals surface area (Å²) >= 11 is 0. The molecule has 0 aliphatic carbocycles. The number of carbonyl (C=O) groups is 1. The molecule has 3 aromatic carbocycles. The van der Waals surface area contributed by atoms with Crippen molar-refractivity contribution in [2.45, 2.75) is 6.54 Å². The number of hydrogen-bond donors (Lipinski definition) is 2. The van der Waals surface area contributed by atoms with Gasteiger partial charge >= 0.3 is 5.69 Å². The highest BCUT2D eigenvalue weighted by Gasteiger charge is 2.10. The topological polar surface area (TPSA) is 71.8 Å². The first kappa shape index (κ1) is 18.9. The second-order valence-corrected chi connectivity index (χ2v) is 7.46. The molecule has 0 bridgehead atoms. The fraction of sp³-hybridized carbons (Fsp3) is 0.0833. The number of aromatic amines is 1. The molecule has 5 aromatic rings. The first-order valence-corrected chi connectivity index (χ1v) is 9.82. The summed E-state index contributed by atoms with van der Waals surface area (Å²) < 4.78 is 17.0. The highest BCUT2D eigenvalue weighted by Crippen LogP contribution is 2.22. The molecule has 2 N–H and O–H groups in total. The van der Waals surface area contributed by atoms with Crippen LogP contribution in [0.4, 0.5) is 4.39 Å². The van der Waals surface area contributed by atoms with Crippen molar-refractivity contribution < 1.29 is 9.18 Å². The van der Waals surface area contributed by atoms with Gasteiger partial charge in [0.25, 0.3) is 5.91 Å². The van der Waals surface area contributed by atoms with Crippen LogP contribution in [0.15, 0.2) is 77.7 Å². The van der Waals surface area contributed by atoms with Gasteiger partial charge in [-0.25, -0.2) is 9.18 Å². The first-order valence-electron chi connectivity index (χ1n) is 9.82. The molecular weight excluding hydrogens is 395 g/mol. The summed E-state index contributed by atoms with van der Waals surface area (Å²) in [5.41, 5.74) is 4.30. The fourth-order valence-electron chi connectivity index (χ4n) is 3.82. The maximum Gasteiger partial charge on any atom is 0.326 e. The Bertz CT molecular complexity index is 1510. The van der Waals surface area contributed by atoms with E-state index < -0.39 is 0 Å². The van der Waals surface area contributed by atoms with Crippen LogP contribution in [0.1, 0.15) is 15.9 Å². The first-order chi connectivity index (χ1) is 15.0. The number of H-pyrrole nitrogens is 1. The highest BCUT2D eigenvalue weighted by molar-refractivity contribution is 5.97. The Balaban J connectivity index is 1.35. The molecule has 6 nitrogen and oxygen atoms in total. The van der Waals surface area contributed by atoms with Crippen molar-refractivity contribution in [2.24, 2.45) is 7.05 Å². The Morgan fingerprint density at radius 1 is 1.03 bits per heavy atom. The van der Waals surface area contributed by atoms with E-state index in [4.69, 9.17) is 0 Å². The molecule has 31 heavy (non-hydrogen) atoms. The summed E-state index contributed by atoms with van der Waals surface area (Å²) in [5.74, 6) is -0.500. The number of benzene rings is 3. The Labute approximate surface area is 176 Å². The molecule has 2 heterocycles. The zero-order valence-corrected chi connectivity index (χ0v) is 16.7. The van der Waals surface area contributed by atoms with Gasteiger partial charge in [-0.15, -0.1) is 0 Å². The second-order valence-electron chi connectivity index (χ2n) is 7.46. The molecule has 0 atom stereocenters. The summed E-state index contributed by atoms with van der Waals surface area (Å²) in [4.78, 5) is 27.1. The number of aromatic nitrogens is 3. The van der Waals surface area contributed by atoms with Crippen molar-refractivity contribution in [2.75, 3.05) is 0 Å². The van der Waals surface area contributed by atoms with Crippen molar-refractivity contribution in [3.05, 3.63) is 100 Å². The number of rotatable bonds is 4. The number of imidazole rings is 1. The largest absolute Gasteiger partial charge is 0.348 e. The van der Waals surface area contributed by atoms with E-state index in [1.54, 1.807) is 31.3 Å². The van der Waals surface area contributed by atoms with E-state index in [9.17, 15) is 14.0 Å². The van der Waals surface area contributed by atoms with Crippen LogP contribution in [-0.4, -0.2) is 20.0 Å². The van der Waals surface area contributed by atoms with Gasteiger partial charge in [0, 0.05) is 36.4 Å².